The van der Waals surface area contributed by atoms with Gasteiger partial charge in [-0.05, 0) is 23.8 Å². The van der Waals surface area contributed by atoms with Gasteiger partial charge in [-0.15, -0.1) is 10.2 Å². The van der Waals surface area contributed by atoms with Crippen LogP contribution < -0.4 is 5.32 Å². The van der Waals surface area contributed by atoms with Crippen molar-refractivity contribution in [3.05, 3.63) is 64.4 Å². The Hall–Kier alpha value is -3.04. The molecule has 0 saturated heterocycles. The Morgan fingerprint density at radius 3 is 2.88 bits per heavy atom. The van der Waals surface area contributed by atoms with E-state index in [1.165, 1.54) is 10.8 Å². The lowest BCUT2D eigenvalue weighted by Gasteiger charge is -2.04. The molecule has 4 rings (SSSR count). The molecular formula is C15H10Cl2N8O. The Kier molecular flexibility index (Phi) is 4.23. The Balaban J connectivity index is 1.48. The number of carbonyl (C=O) groups is 1. The predicted octanol–water partition coefficient (Wildman–Crippen LogP) is 2.32. The van der Waals surface area contributed by atoms with Crippen molar-refractivity contribution in [1.29, 1.82) is 0 Å². The number of fused-ring (bicyclic) bond motifs is 1. The molecule has 130 valence electrons. The molecule has 0 radical (unpaired) electrons. The van der Waals surface area contributed by atoms with Crippen LogP contribution in [0.4, 0.5) is 5.95 Å². The predicted molar refractivity (Wildman–Crippen MR) is 94.3 cm³/mol. The fourth-order valence-electron chi connectivity index (χ4n) is 2.24. The molecule has 0 bridgehead atoms. The van der Waals surface area contributed by atoms with E-state index in [-0.39, 0.29) is 11.8 Å². The molecule has 0 aliphatic rings. The fourth-order valence-corrected chi connectivity index (χ4v) is 2.71. The van der Waals surface area contributed by atoms with Crippen LogP contribution in [0.1, 0.15) is 16.2 Å². The summed E-state index contributed by atoms with van der Waals surface area (Å²) in [4.78, 5) is 24.3. The molecule has 0 unspecified atom stereocenters. The molecule has 1 amide bonds. The van der Waals surface area contributed by atoms with Gasteiger partial charge in [0.05, 0.1) is 6.54 Å². The van der Waals surface area contributed by atoms with E-state index >= 15 is 0 Å². The van der Waals surface area contributed by atoms with Crippen molar-refractivity contribution in [3.63, 3.8) is 0 Å². The molecule has 0 aliphatic heterocycles. The zero-order chi connectivity index (χ0) is 18.1. The van der Waals surface area contributed by atoms with Crippen LogP contribution in [0.5, 0.6) is 0 Å². The van der Waals surface area contributed by atoms with Crippen LogP contribution in [-0.2, 0) is 6.54 Å². The molecule has 4 aromatic rings. The van der Waals surface area contributed by atoms with E-state index in [0.29, 0.717) is 22.4 Å². The number of rotatable bonds is 4. The summed E-state index contributed by atoms with van der Waals surface area (Å²) in [5, 5.41) is 11.9. The second-order valence-electron chi connectivity index (χ2n) is 5.26. The minimum atomic E-state index is -0.530. The average molecular weight is 389 g/mol. The zero-order valence-corrected chi connectivity index (χ0v) is 14.6. The first-order valence-corrected chi connectivity index (χ1v) is 8.16. The van der Waals surface area contributed by atoms with Gasteiger partial charge in [-0.25, -0.2) is 19.2 Å². The summed E-state index contributed by atoms with van der Waals surface area (Å²) in [6, 6.07) is 6.89. The van der Waals surface area contributed by atoms with E-state index in [9.17, 15) is 4.79 Å². The van der Waals surface area contributed by atoms with Crippen molar-refractivity contribution >= 4 is 40.8 Å². The second kappa shape index (κ2) is 6.70. The molecule has 0 aliphatic carbocycles. The summed E-state index contributed by atoms with van der Waals surface area (Å²) in [5.41, 5.74) is 0.826. The first-order chi connectivity index (χ1) is 12.6. The topological polar surface area (TPSA) is 103 Å². The first kappa shape index (κ1) is 16.4. The lowest BCUT2D eigenvalue weighted by molar-refractivity contribution is 0.101. The van der Waals surface area contributed by atoms with E-state index in [4.69, 9.17) is 23.2 Å². The molecule has 26 heavy (non-hydrogen) atoms. The molecule has 0 saturated carbocycles. The summed E-state index contributed by atoms with van der Waals surface area (Å²) in [6.45, 7) is 0.384. The third-order valence-electron chi connectivity index (χ3n) is 3.43. The highest BCUT2D eigenvalue weighted by atomic mass is 35.5. The first-order valence-electron chi connectivity index (χ1n) is 7.40. The number of carbonyl (C=O) groups excluding carboxylic acids is 1. The maximum atomic E-state index is 12.2. The normalized spacial score (nSPS) is 11.0. The Morgan fingerprint density at radius 1 is 1.19 bits per heavy atom. The number of benzene rings is 1. The molecule has 3 aromatic heterocycles. The molecule has 0 fully saturated rings. The van der Waals surface area contributed by atoms with Gasteiger partial charge in [-0.1, -0.05) is 29.3 Å². The van der Waals surface area contributed by atoms with Gasteiger partial charge < -0.3 is 0 Å². The van der Waals surface area contributed by atoms with Crippen LogP contribution in [0.2, 0.25) is 10.0 Å². The van der Waals surface area contributed by atoms with E-state index < -0.39 is 5.91 Å². The SMILES string of the molecule is O=C(Nc1ncn(Cc2ccc(Cl)cc2Cl)n1)c1nc2ncccn2n1. The van der Waals surface area contributed by atoms with Crippen molar-refractivity contribution in [2.45, 2.75) is 6.54 Å². The van der Waals surface area contributed by atoms with E-state index in [0.717, 1.165) is 5.56 Å². The number of hydrogen-bond acceptors (Lipinski definition) is 6. The fraction of sp³-hybridized carbons (Fsp3) is 0.0667. The largest absolute Gasteiger partial charge is 0.297 e. The molecule has 3 heterocycles. The Labute approximate surface area is 156 Å². The number of hydrogen-bond donors (Lipinski definition) is 1. The highest BCUT2D eigenvalue weighted by Crippen LogP contribution is 2.21. The Bertz CT molecular complexity index is 1070. The van der Waals surface area contributed by atoms with E-state index in [1.807, 2.05) is 0 Å². The van der Waals surface area contributed by atoms with Gasteiger partial charge in [-0.2, -0.15) is 4.98 Å². The number of amides is 1. The average Bonchev–Trinajstić information content (AvgIpc) is 3.24. The third kappa shape index (κ3) is 3.35. The van der Waals surface area contributed by atoms with Crippen LogP contribution in [0.15, 0.2) is 43.0 Å². The lowest BCUT2D eigenvalue weighted by Crippen LogP contribution is -2.15. The maximum absolute atomic E-state index is 12.2. The van der Waals surface area contributed by atoms with Crippen LogP contribution in [0.3, 0.4) is 0 Å². The van der Waals surface area contributed by atoms with Gasteiger partial charge in [0, 0.05) is 22.4 Å². The van der Waals surface area contributed by atoms with Gasteiger partial charge >= 0.3 is 0 Å². The summed E-state index contributed by atoms with van der Waals surface area (Å²) in [6.07, 6.45) is 4.70. The van der Waals surface area contributed by atoms with Crippen molar-refractivity contribution in [3.8, 4) is 0 Å². The molecular weight excluding hydrogens is 379 g/mol. The van der Waals surface area contributed by atoms with Gasteiger partial charge in [0.15, 0.2) is 0 Å². The van der Waals surface area contributed by atoms with Gasteiger partial charge in [0.1, 0.15) is 6.33 Å². The van der Waals surface area contributed by atoms with E-state index in [1.54, 1.807) is 41.3 Å². The molecule has 0 atom stereocenters. The van der Waals surface area contributed by atoms with Crippen molar-refractivity contribution in [2.24, 2.45) is 0 Å². The minimum absolute atomic E-state index is 0.0270. The Morgan fingerprint density at radius 2 is 2.08 bits per heavy atom. The number of halogens is 2. The highest BCUT2D eigenvalue weighted by Gasteiger charge is 2.15. The smallest absolute Gasteiger partial charge is 0.286 e. The minimum Gasteiger partial charge on any atom is -0.286 e. The summed E-state index contributed by atoms with van der Waals surface area (Å²) in [7, 11) is 0. The quantitative estimate of drug-likeness (QED) is 0.575. The highest BCUT2D eigenvalue weighted by molar-refractivity contribution is 6.35. The monoisotopic (exact) mass is 388 g/mol. The maximum Gasteiger partial charge on any atom is 0.297 e. The summed E-state index contributed by atoms with van der Waals surface area (Å²) < 4.78 is 2.95. The molecule has 11 heteroatoms. The lowest BCUT2D eigenvalue weighted by atomic mass is 10.2. The van der Waals surface area contributed by atoms with Crippen molar-refractivity contribution in [2.75, 3.05) is 5.32 Å². The summed E-state index contributed by atoms with van der Waals surface area (Å²) in [5.74, 6) is -0.0982. The van der Waals surface area contributed by atoms with Crippen molar-refractivity contribution in [1.82, 2.24) is 34.3 Å². The molecule has 9 nitrogen and oxygen atoms in total. The zero-order valence-electron chi connectivity index (χ0n) is 13.0. The summed E-state index contributed by atoms with van der Waals surface area (Å²) >= 11 is 12.0. The number of aromatic nitrogens is 7. The standard InChI is InChI=1S/C15H10Cl2N8O/c16-10-3-2-9(11(17)6-10)7-24-8-19-14(23-24)21-13(26)12-20-15-18-4-1-5-25(15)22-12/h1-6,8H,7H2,(H,21,23,26). The second-order valence-corrected chi connectivity index (χ2v) is 6.10. The van der Waals surface area contributed by atoms with Gasteiger partial charge in [-0.3, -0.25) is 10.1 Å². The molecule has 0 spiro atoms. The third-order valence-corrected chi connectivity index (χ3v) is 4.02. The number of nitrogens with zero attached hydrogens (tertiary/aromatic N) is 7. The van der Waals surface area contributed by atoms with Gasteiger partial charge in [0.2, 0.25) is 11.8 Å². The van der Waals surface area contributed by atoms with Crippen molar-refractivity contribution < 1.29 is 4.79 Å². The number of anilines is 1. The van der Waals surface area contributed by atoms with Crippen LogP contribution >= 0.6 is 23.2 Å². The van der Waals surface area contributed by atoms with E-state index in [2.05, 4.69) is 30.5 Å². The van der Waals surface area contributed by atoms with Crippen LogP contribution in [-0.4, -0.2) is 40.3 Å². The molecule has 1 N–H and O–H groups in total. The van der Waals surface area contributed by atoms with Crippen LogP contribution in [0, 0.1) is 0 Å². The van der Waals surface area contributed by atoms with Crippen LogP contribution in [0.25, 0.3) is 5.78 Å². The molecule has 1 aromatic carbocycles. The number of nitrogens with one attached hydrogen (secondary N) is 1. The van der Waals surface area contributed by atoms with Gasteiger partial charge in [0.25, 0.3) is 11.7 Å².